The maximum atomic E-state index is 5.68. The van der Waals surface area contributed by atoms with Crippen LogP contribution in [0.4, 0.5) is 0 Å². The summed E-state index contributed by atoms with van der Waals surface area (Å²) >= 11 is 3.08. The normalized spacial score (nSPS) is 10.8. The third-order valence-corrected chi connectivity index (χ3v) is 4.98. The van der Waals surface area contributed by atoms with Crippen LogP contribution < -0.4 is 9.47 Å². The third-order valence-electron chi connectivity index (χ3n) is 3.29. The highest BCUT2D eigenvalue weighted by molar-refractivity contribution is 7.98. The first kappa shape index (κ1) is 16.8. The van der Waals surface area contributed by atoms with Gasteiger partial charge in [-0.2, -0.15) is 0 Å². The number of hydrogen-bond donors (Lipinski definition) is 0. The summed E-state index contributed by atoms with van der Waals surface area (Å²) in [7, 11) is 3.29. The Hall–Kier alpha value is -2.06. The van der Waals surface area contributed by atoms with E-state index in [4.69, 9.17) is 13.9 Å². The Morgan fingerprint density at radius 2 is 2.08 bits per heavy atom. The average molecular weight is 363 g/mol. The number of benzene rings is 1. The van der Waals surface area contributed by atoms with Crippen molar-refractivity contribution in [3.63, 3.8) is 0 Å². The van der Waals surface area contributed by atoms with Crippen molar-refractivity contribution in [1.29, 1.82) is 0 Å². The molecule has 0 atom stereocenters. The molecule has 0 saturated carbocycles. The van der Waals surface area contributed by atoms with Gasteiger partial charge in [0.1, 0.15) is 11.5 Å². The first-order valence-electron chi connectivity index (χ1n) is 7.25. The molecular weight excluding hydrogens is 346 g/mol. The zero-order chi connectivity index (χ0) is 16.9. The van der Waals surface area contributed by atoms with Gasteiger partial charge in [-0.1, -0.05) is 11.8 Å². The van der Waals surface area contributed by atoms with Crippen LogP contribution in [0, 0.1) is 6.92 Å². The van der Waals surface area contributed by atoms with Gasteiger partial charge in [0.05, 0.1) is 31.3 Å². The number of hydrogen-bond acceptors (Lipinski definition) is 8. The quantitative estimate of drug-likeness (QED) is 0.592. The topological polar surface area (TPSA) is 70.3 Å². The van der Waals surface area contributed by atoms with Crippen molar-refractivity contribution >= 4 is 23.1 Å². The Morgan fingerprint density at radius 3 is 2.79 bits per heavy atom. The number of thioether (sulfide) groups is 1. The van der Waals surface area contributed by atoms with Gasteiger partial charge in [-0.15, -0.1) is 21.5 Å². The van der Waals surface area contributed by atoms with E-state index in [-0.39, 0.29) is 0 Å². The fraction of sp³-hybridized carbons (Fsp3) is 0.312. The van der Waals surface area contributed by atoms with Crippen LogP contribution in [0.5, 0.6) is 11.5 Å². The van der Waals surface area contributed by atoms with Crippen molar-refractivity contribution in [3.05, 3.63) is 45.7 Å². The van der Waals surface area contributed by atoms with Gasteiger partial charge in [0.15, 0.2) is 0 Å². The molecule has 0 radical (unpaired) electrons. The molecule has 0 saturated heterocycles. The van der Waals surface area contributed by atoms with E-state index in [1.807, 2.05) is 30.5 Å². The number of ether oxygens (including phenoxy) is 2. The van der Waals surface area contributed by atoms with E-state index >= 15 is 0 Å². The minimum Gasteiger partial charge on any atom is -0.497 e. The van der Waals surface area contributed by atoms with E-state index in [1.54, 1.807) is 25.6 Å². The minimum absolute atomic E-state index is 0.529. The summed E-state index contributed by atoms with van der Waals surface area (Å²) in [6, 6.07) is 5.70. The van der Waals surface area contributed by atoms with Gasteiger partial charge >= 0.3 is 0 Å². The van der Waals surface area contributed by atoms with Crippen LogP contribution in [0.15, 0.2) is 33.2 Å². The molecule has 24 heavy (non-hydrogen) atoms. The van der Waals surface area contributed by atoms with E-state index in [1.165, 1.54) is 11.8 Å². The van der Waals surface area contributed by atoms with Gasteiger partial charge in [0, 0.05) is 16.7 Å². The van der Waals surface area contributed by atoms with Crippen LogP contribution in [-0.2, 0) is 12.2 Å². The summed E-state index contributed by atoms with van der Waals surface area (Å²) in [6.45, 7) is 1.98. The molecule has 8 heteroatoms. The lowest BCUT2D eigenvalue weighted by Gasteiger charge is -2.09. The van der Waals surface area contributed by atoms with Crippen LogP contribution in [0.2, 0.25) is 0 Å². The van der Waals surface area contributed by atoms with Gasteiger partial charge in [-0.05, 0) is 25.1 Å². The summed E-state index contributed by atoms with van der Waals surface area (Å²) in [5.41, 5.74) is 1.96. The summed E-state index contributed by atoms with van der Waals surface area (Å²) in [5.74, 6) is 2.82. The fourth-order valence-electron chi connectivity index (χ4n) is 2.15. The molecular formula is C16H17N3O3S2. The van der Waals surface area contributed by atoms with E-state index in [0.717, 1.165) is 27.8 Å². The van der Waals surface area contributed by atoms with Crippen molar-refractivity contribution in [3.8, 4) is 11.5 Å². The number of thiazole rings is 1. The highest BCUT2D eigenvalue weighted by Gasteiger charge is 2.12. The third kappa shape index (κ3) is 4.07. The molecule has 126 valence electrons. The molecule has 3 rings (SSSR count). The Bertz CT molecular complexity index is 817. The molecule has 3 aromatic rings. The summed E-state index contributed by atoms with van der Waals surface area (Å²) < 4.78 is 16.3. The number of methoxy groups -OCH3 is 2. The molecule has 2 heterocycles. The monoisotopic (exact) mass is 363 g/mol. The molecule has 6 nitrogen and oxygen atoms in total. The van der Waals surface area contributed by atoms with Gasteiger partial charge in [-0.25, -0.2) is 4.98 Å². The highest BCUT2D eigenvalue weighted by Crippen LogP contribution is 2.30. The Kier molecular flexibility index (Phi) is 5.37. The molecule has 0 amide bonds. The Balaban J connectivity index is 1.65. The SMILES string of the molecule is COc1ccc(OC)c(CSc2nnc(Cc3csc(C)n3)o2)c1. The minimum atomic E-state index is 0.529. The van der Waals surface area contributed by atoms with Gasteiger partial charge in [-0.3, -0.25) is 0 Å². The van der Waals surface area contributed by atoms with Gasteiger partial charge in [0.2, 0.25) is 5.89 Å². The van der Waals surface area contributed by atoms with E-state index in [0.29, 0.717) is 23.3 Å². The summed E-state index contributed by atoms with van der Waals surface area (Å²) in [4.78, 5) is 4.40. The smallest absolute Gasteiger partial charge is 0.276 e. The summed E-state index contributed by atoms with van der Waals surface area (Å²) in [5, 5.41) is 11.7. The number of aryl methyl sites for hydroxylation is 1. The fourth-order valence-corrected chi connectivity index (χ4v) is 3.52. The lowest BCUT2D eigenvalue weighted by molar-refractivity contribution is 0.400. The van der Waals surface area contributed by atoms with Crippen LogP contribution >= 0.6 is 23.1 Å². The molecule has 0 fully saturated rings. The van der Waals surface area contributed by atoms with E-state index in [9.17, 15) is 0 Å². The van der Waals surface area contributed by atoms with Gasteiger partial charge in [0.25, 0.3) is 5.22 Å². The van der Waals surface area contributed by atoms with Crippen molar-refractivity contribution in [2.24, 2.45) is 0 Å². The molecule has 0 N–H and O–H groups in total. The molecule has 1 aromatic carbocycles. The second kappa shape index (κ2) is 7.67. The van der Waals surface area contributed by atoms with Crippen molar-refractivity contribution in [2.75, 3.05) is 14.2 Å². The second-order valence-corrected chi connectivity index (χ2v) is 6.95. The lowest BCUT2D eigenvalue weighted by atomic mass is 10.2. The second-order valence-electron chi connectivity index (χ2n) is 4.96. The molecule has 0 aliphatic heterocycles. The first-order chi connectivity index (χ1) is 11.7. The Labute approximate surface area is 148 Å². The van der Waals surface area contributed by atoms with Crippen LogP contribution in [0.1, 0.15) is 22.2 Å². The van der Waals surface area contributed by atoms with Crippen molar-refractivity contribution in [1.82, 2.24) is 15.2 Å². The molecule has 0 spiro atoms. The Morgan fingerprint density at radius 1 is 1.21 bits per heavy atom. The maximum Gasteiger partial charge on any atom is 0.276 e. The van der Waals surface area contributed by atoms with Gasteiger partial charge < -0.3 is 13.9 Å². The van der Waals surface area contributed by atoms with Crippen LogP contribution in [0.25, 0.3) is 0 Å². The standard InChI is InChI=1S/C16H17N3O3S2/c1-10-17-12(9-23-10)7-15-18-19-16(22-15)24-8-11-6-13(20-2)4-5-14(11)21-3/h4-6,9H,7-8H2,1-3H3. The highest BCUT2D eigenvalue weighted by atomic mass is 32.2. The molecule has 0 unspecified atom stereocenters. The number of aromatic nitrogens is 3. The average Bonchev–Trinajstić information content (AvgIpc) is 3.21. The predicted molar refractivity (Wildman–Crippen MR) is 93.1 cm³/mol. The largest absolute Gasteiger partial charge is 0.497 e. The zero-order valence-corrected chi connectivity index (χ0v) is 15.2. The van der Waals surface area contributed by atoms with Crippen molar-refractivity contribution < 1.29 is 13.9 Å². The molecule has 0 aliphatic carbocycles. The summed E-state index contributed by atoms with van der Waals surface area (Å²) in [6.07, 6.45) is 0.556. The van der Waals surface area contributed by atoms with Crippen LogP contribution in [0.3, 0.4) is 0 Å². The number of nitrogens with zero attached hydrogens (tertiary/aromatic N) is 3. The van der Waals surface area contributed by atoms with E-state index in [2.05, 4.69) is 15.2 Å². The predicted octanol–water partition coefficient (Wildman–Crippen LogP) is 3.73. The molecule has 2 aromatic heterocycles. The number of rotatable bonds is 7. The van der Waals surface area contributed by atoms with E-state index < -0.39 is 0 Å². The maximum absolute atomic E-state index is 5.68. The lowest BCUT2D eigenvalue weighted by Crippen LogP contribution is -1.92. The molecule has 0 bridgehead atoms. The zero-order valence-electron chi connectivity index (χ0n) is 13.6. The van der Waals surface area contributed by atoms with Crippen LogP contribution in [-0.4, -0.2) is 29.4 Å². The first-order valence-corrected chi connectivity index (χ1v) is 9.11. The molecule has 0 aliphatic rings. The van der Waals surface area contributed by atoms with Crippen molar-refractivity contribution in [2.45, 2.75) is 24.3 Å².